The number of carbonyl (C=O) groups is 1. The molecule has 45 heavy (non-hydrogen) atoms. The summed E-state index contributed by atoms with van der Waals surface area (Å²) in [6.07, 6.45) is 2.37. The Bertz CT molecular complexity index is 1640. The van der Waals surface area contributed by atoms with Gasteiger partial charge in [0.15, 0.2) is 0 Å². The van der Waals surface area contributed by atoms with Crippen molar-refractivity contribution in [3.05, 3.63) is 129 Å². The Morgan fingerprint density at radius 3 is 2.22 bits per heavy atom. The van der Waals surface area contributed by atoms with Crippen molar-refractivity contribution in [2.45, 2.75) is 43.9 Å². The van der Waals surface area contributed by atoms with Gasteiger partial charge < -0.3 is 13.9 Å². The summed E-state index contributed by atoms with van der Waals surface area (Å²) in [6.45, 7) is 6.18. The lowest BCUT2D eigenvalue weighted by Gasteiger charge is -2.43. The van der Waals surface area contributed by atoms with Gasteiger partial charge in [-0.1, -0.05) is 96.0 Å². The third-order valence-electron chi connectivity index (χ3n) is 8.91. The number of hydrogen-bond acceptors (Lipinski definition) is 8. The number of likely N-dealkylation sites (tertiary alicyclic amines) is 1. The minimum Gasteiger partial charge on any atom is -0.433 e. The van der Waals surface area contributed by atoms with E-state index in [9.17, 15) is 4.79 Å². The summed E-state index contributed by atoms with van der Waals surface area (Å²) in [4.78, 5) is 20.1. The smallest absolute Gasteiger partial charge is 0.433 e. The third kappa shape index (κ3) is 6.41. The molecule has 2 aliphatic rings. The van der Waals surface area contributed by atoms with E-state index in [-0.39, 0.29) is 12.0 Å². The number of allylic oxidation sites excluding steroid dienone is 2. The highest BCUT2D eigenvalue weighted by molar-refractivity contribution is 6.42. The van der Waals surface area contributed by atoms with Crippen LogP contribution in [-0.4, -0.2) is 53.2 Å². The molecule has 232 valence electrons. The van der Waals surface area contributed by atoms with Crippen molar-refractivity contribution in [1.82, 2.24) is 15.1 Å². The second kappa shape index (κ2) is 13.6. The van der Waals surface area contributed by atoms with E-state index in [0.29, 0.717) is 45.2 Å². The molecular formula is C35H34Cl2N4O4. The molecule has 10 heteroatoms. The molecule has 1 aromatic heterocycles. The van der Waals surface area contributed by atoms with Gasteiger partial charge in [-0.15, -0.1) is 10.2 Å². The Kier molecular flexibility index (Phi) is 9.35. The van der Waals surface area contributed by atoms with Crippen LogP contribution in [0.4, 0.5) is 4.79 Å². The summed E-state index contributed by atoms with van der Waals surface area (Å²) in [5.41, 5.74) is 4.50. The van der Waals surface area contributed by atoms with Crippen molar-refractivity contribution in [3.8, 4) is 0 Å². The Labute approximate surface area is 272 Å². The van der Waals surface area contributed by atoms with Crippen LogP contribution in [0.1, 0.15) is 61.1 Å². The lowest BCUT2D eigenvalue weighted by Crippen LogP contribution is -2.44. The molecule has 1 saturated heterocycles. The van der Waals surface area contributed by atoms with Gasteiger partial charge in [0.05, 0.1) is 27.6 Å². The van der Waals surface area contributed by atoms with Crippen molar-refractivity contribution >= 4 is 35.1 Å². The lowest BCUT2D eigenvalue weighted by atomic mass is 9.68. The fourth-order valence-corrected chi connectivity index (χ4v) is 7.08. The molecule has 0 spiro atoms. The molecule has 2 unspecified atom stereocenters. The number of hydrogen-bond donors (Lipinski definition) is 0. The highest BCUT2D eigenvalue weighted by Crippen LogP contribution is 2.47. The van der Waals surface area contributed by atoms with Crippen molar-refractivity contribution in [2.75, 3.05) is 26.2 Å². The van der Waals surface area contributed by atoms with Crippen LogP contribution in [0, 0.1) is 0 Å². The van der Waals surface area contributed by atoms with Crippen molar-refractivity contribution < 1.29 is 18.7 Å². The summed E-state index contributed by atoms with van der Waals surface area (Å²) < 4.78 is 17.1. The zero-order valence-electron chi connectivity index (χ0n) is 25.2. The Balaban J connectivity index is 1.13. The Morgan fingerprint density at radius 1 is 0.933 bits per heavy atom. The molecule has 6 rings (SSSR count). The minimum atomic E-state index is -0.813. The first kappa shape index (κ1) is 31.0. The van der Waals surface area contributed by atoms with E-state index in [4.69, 9.17) is 37.1 Å². The first-order valence-electron chi connectivity index (χ1n) is 15.0. The standard InChI is InChI=1S/C35H34Cl2N4O4/c1-23-29(33-40-38-22-44-33)30(27-14-9-15-28(36)31(27)37)32(24(2)39-23)45-34(42)43-21-20-41-18-16-35(17-19-41,25-10-5-3-6-11-25)26-12-7-4-8-13-26/h3-15,22,29-30H,16-21H2,1-2H3. The zero-order chi connectivity index (χ0) is 31.4. The maximum atomic E-state index is 13.1. The molecule has 3 heterocycles. The molecule has 0 bridgehead atoms. The maximum absolute atomic E-state index is 13.1. The monoisotopic (exact) mass is 644 g/mol. The van der Waals surface area contributed by atoms with E-state index >= 15 is 0 Å². The van der Waals surface area contributed by atoms with Crippen LogP contribution < -0.4 is 0 Å². The van der Waals surface area contributed by atoms with Crippen LogP contribution in [0.15, 0.2) is 106 Å². The van der Waals surface area contributed by atoms with Gasteiger partial charge in [0.1, 0.15) is 12.4 Å². The number of halogens is 2. The molecule has 0 aliphatic carbocycles. The van der Waals surface area contributed by atoms with E-state index in [0.717, 1.165) is 25.9 Å². The number of aliphatic imine (C=N–C) groups is 1. The fraction of sp³-hybridized carbons (Fsp3) is 0.314. The number of benzene rings is 3. The van der Waals surface area contributed by atoms with Gasteiger partial charge in [-0.2, -0.15) is 0 Å². The molecule has 2 aliphatic heterocycles. The van der Waals surface area contributed by atoms with Gasteiger partial charge in [-0.05, 0) is 62.5 Å². The second-order valence-corrected chi connectivity index (χ2v) is 12.2. The topological polar surface area (TPSA) is 90.1 Å². The number of ether oxygens (including phenoxy) is 2. The summed E-state index contributed by atoms with van der Waals surface area (Å²) in [5.74, 6) is -0.483. The van der Waals surface area contributed by atoms with E-state index < -0.39 is 18.0 Å². The van der Waals surface area contributed by atoms with E-state index in [2.05, 4.69) is 80.8 Å². The molecule has 0 amide bonds. The Morgan fingerprint density at radius 2 is 1.60 bits per heavy atom. The van der Waals surface area contributed by atoms with Gasteiger partial charge in [-0.25, -0.2) is 4.79 Å². The average molecular weight is 646 g/mol. The number of piperidine rings is 1. The van der Waals surface area contributed by atoms with E-state index in [1.807, 2.05) is 13.0 Å². The molecule has 1 fully saturated rings. The van der Waals surface area contributed by atoms with Crippen LogP contribution in [0.5, 0.6) is 0 Å². The quantitative estimate of drug-likeness (QED) is 0.179. The van der Waals surface area contributed by atoms with Crippen LogP contribution in [-0.2, 0) is 14.9 Å². The van der Waals surface area contributed by atoms with Crippen LogP contribution in [0.2, 0.25) is 10.0 Å². The van der Waals surface area contributed by atoms with Crippen LogP contribution in [0.25, 0.3) is 0 Å². The molecular weight excluding hydrogens is 611 g/mol. The van der Waals surface area contributed by atoms with Crippen molar-refractivity contribution in [2.24, 2.45) is 4.99 Å². The largest absolute Gasteiger partial charge is 0.513 e. The first-order valence-corrected chi connectivity index (χ1v) is 15.8. The van der Waals surface area contributed by atoms with Crippen LogP contribution >= 0.6 is 23.2 Å². The SMILES string of the molecule is CC1=NC(C)=C(OC(=O)OCCN2CCC(c3ccccc3)(c3ccccc3)CC2)C(c2cccc(Cl)c2Cl)C1c1nnco1. The van der Waals surface area contributed by atoms with Crippen LogP contribution in [0.3, 0.4) is 0 Å². The normalized spacial score (nSPS) is 20.0. The maximum Gasteiger partial charge on any atom is 0.513 e. The van der Waals surface area contributed by atoms with E-state index in [1.165, 1.54) is 17.5 Å². The molecule has 0 radical (unpaired) electrons. The van der Waals surface area contributed by atoms with Crippen molar-refractivity contribution in [1.29, 1.82) is 0 Å². The second-order valence-electron chi connectivity index (χ2n) is 11.4. The molecule has 8 nitrogen and oxygen atoms in total. The number of carbonyl (C=O) groups excluding carboxylic acids is 1. The highest BCUT2D eigenvalue weighted by Gasteiger charge is 2.42. The summed E-state index contributed by atoms with van der Waals surface area (Å²) in [6, 6.07) is 26.8. The third-order valence-corrected chi connectivity index (χ3v) is 9.74. The predicted molar refractivity (Wildman–Crippen MR) is 174 cm³/mol. The van der Waals surface area contributed by atoms with E-state index in [1.54, 1.807) is 19.1 Å². The summed E-state index contributed by atoms with van der Waals surface area (Å²) in [5, 5.41) is 8.71. The molecule has 3 aromatic carbocycles. The molecule has 4 aromatic rings. The number of nitrogens with zero attached hydrogens (tertiary/aromatic N) is 4. The first-order chi connectivity index (χ1) is 21.9. The number of rotatable bonds is 8. The number of aromatic nitrogens is 2. The van der Waals surface area contributed by atoms with Gasteiger partial charge in [0.2, 0.25) is 12.3 Å². The predicted octanol–water partition coefficient (Wildman–Crippen LogP) is 8.19. The zero-order valence-corrected chi connectivity index (χ0v) is 26.7. The van der Waals surface area contributed by atoms with Gasteiger partial charge in [0, 0.05) is 17.7 Å². The average Bonchev–Trinajstić information content (AvgIpc) is 3.59. The molecule has 2 atom stereocenters. The minimum absolute atomic E-state index is 0.0476. The molecule has 0 saturated carbocycles. The molecule has 0 N–H and O–H groups in total. The summed E-state index contributed by atoms with van der Waals surface area (Å²) >= 11 is 13.1. The summed E-state index contributed by atoms with van der Waals surface area (Å²) in [7, 11) is 0. The fourth-order valence-electron chi connectivity index (χ4n) is 6.66. The lowest BCUT2D eigenvalue weighted by molar-refractivity contribution is 0.0576. The van der Waals surface area contributed by atoms with Crippen molar-refractivity contribution in [3.63, 3.8) is 0 Å². The van der Waals surface area contributed by atoms with Gasteiger partial charge >= 0.3 is 6.16 Å². The Hall–Kier alpha value is -3.98. The highest BCUT2D eigenvalue weighted by atomic mass is 35.5. The van der Waals surface area contributed by atoms with Gasteiger partial charge in [-0.3, -0.25) is 9.89 Å². The van der Waals surface area contributed by atoms with Gasteiger partial charge in [0.25, 0.3) is 0 Å².